The first kappa shape index (κ1) is 39.0. The van der Waals surface area contributed by atoms with E-state index in [-0.39, 0.29) is 60.4 Å². The second-order valence-corrected chi connectivity index (χ2v) is 18.4. The first-order valence-corrected chi connectivity index (χ1v) is 19.7. The molecule has 3 heterocycles. The van der Waals surface area contributed by atoms with Gasteiger partial charge in [-0.1, -0.05) is 57.2 Å². The molecule has 1 fully saturated rings. The average Bonchev–Trinajstić information content (AvgIpc) is 3.53. The average molecular weight is 796 g/mol. The van der Waals surface area contributed by atoms with Crippen LogP contribution in [0.2, 0.25) is 18.1 Å². The molecule has 2 N–H and O–H groups in total. The van der Waals surface area contributed by atoms with E-state index < -0.39 is 56.8 Å². The van der Waals surface area contributed by atoms with Gasteiger partial charge in [0.25, 0.3) is 12.0 Å². The number of nitrogens with one attached hydrogen (secondary N) is 2. The largest absolute Gasteiger partial charge is 0.463 e. The van der Waals surface area contributed by atoms with Crippen LogP contribution < -0.4 is 10.9 Å². The van der Waals surface area contributed by atoms with Crippen molar-refractivity contribution in [1.29, 1.82) is 0 Å². The lowest BCUT2D eigenvalue weighted by Crippen LogP contribution is -2.51. The molecule has 47 heavy (non-hydrogen) atoms. The number of aromatic nitrogens is 4. The third-order valence-corrected chi connectivity index (χ3v) is 13.0. The number of aromatic amines is 1. The summed E-state index contributed by atoms with van der Waals surface area (Å²) in [5.41, 5.74) is -0.375. The lowest BCUT2D eigenvalue weighted by Gasteiger charge is -2.40. The minimum atomic E-state index is -2.43. The molecule has 0 aromatic carbocycles. The molecule has 1 saturated heterocycles. The fourth-order valence-electron chi connectivity index (χ4n) is 4.21. The molecule has 0 saturated carbocycles. The van der Waals surface area contributed by atoms with Gasteiger partial charge in [-0.3, -0.25) is 34.0 Å². The summed E-state index contributed by atoms with van der Waals surface area (Å²) in [7, 11) is -2.43. The number of carbonyl (C=O) groups is 3. The van der Waals surface area contributed by atoms with Gasteiger partial charge in [0.05, 0.1) is 25.6 Å². The third-order valence-electron chi connectivity index (χ3n) is 7.70. The van der Waals surface area contributed by atoms with Gasteiger partial charge in [0, 0.05) is 24.2 Å². The Kier molecular flexibility index (Phi) is 13.9. The first-order valence-electron chi connectivity index (χ1n) is 15.3. The van der Waals surface area contributed by atoms with Crippen LogP contribution in [0.1, 0.15) is 54.7 Å². The summed E-state index contributed by atoms with van der Waals surface area (Å²) in [5, 5.41) is 2.46. The second-order valence-electron chi connectivity index (χ2n) is 12.8. The minimum absolute atomic E-state index is 0.0292. The number of ether oxygens (including phenoxy) is 6. The van der Waals surface area contributed by atoms with Crippen molar-refractivity contribution in [2.45, 2.75) is 97.6 Å². The van der Waals surface area contributed by atoms with Crippen LogP contribution in [0.3, 0.4) is 0 Å². The zero-order valence-corrected chi connectivity index (χ0v) is 31.4. The SMILES string of the molecule is CC(=O)OCCOC(OCCOC(C)=O)OC1[C@@H](O[Si](C)(C)C(C)(C)C)[C@@H](CI)O[C@H]1n1cnc2c(=O)[nH]c(NC(=O)C(C)C)nc21. The van der Waals surface area contributed by atoms with Crippen molar-refractivity contribution in [2.24, 2.45) is 5.92 Å². The van der Waals surface area contributed by atoms with Crippen LogP contribution in [-0.2, 0) is 47.2 Å². The molecule has 1 unspecified atom stereocenters. The molecule has 2 aromatic heterocycles. The molecular weight excluding hydrogens is 749 g/mol. The predicted molar refractivity (Wildman–Crippen MR) is 180 cm³/mol. The van der Waals surface area contributed by atoms with Crippen LogP contribution in [0.4, 0.5) is 5.95 Å². The van der Waals surface area contributed by atoms with Crippen molar-refractivity contribution in [3.8, 4) is 0 Å². The fourth-order valence-corrected chi connectivity index (χ4v) is 6.24. The number of hydrogen-bond acceptors (Lipinski definition) is 13. The normalized spacial score (nSPS) is 20.3. The molecule has 264 valence electrons. The van der Waals surface area contributed by atoms with Gasteiger partial charge >= 0.3 is 11.9 Å². The number of halogens is 1. The Labute approximate surface area is 288 Å². The van der Waals surface area contributed by atoms with E-state index in [9.17, 15) is 19.2 Å². The van der Waals surface area contributed by atoms with Crippen LogP contribution in [-0.4, -0.2) is 101 Å². The van der Waals surface area contributed by atoms with Crippen molar-refractivity contribution in [2.75, 3.05) is 36.2 Å². The van der Waals surface area contributed by atoms with E-state index in [0.717, 1.165) is 0 Å². The van der Waals surface area contributed by atoms with Crippen molar-refractivity contribution < 1.29 is 47.2 Å². The molecular formula is C29H46IN5O11Si. The van der Waals surface area contributed by atoms with Gasteiger partial charge in [0.1, 0.15) is 25.4 Å². The van der Waals surface area contributed by atoms with Gasteiger partial charge in [-0.25, -0.2) is 4.98 Å². The highest BCUT2D eigenvalue weighted by molar-refractivity contribution is 14.1. The standard InChI is InChI=1S/C29H46IN5O11Si/c1-16(2)24(38)33-27-32-23-20(25(39)34-27)31-15-35(23)26-22(21(19(14-30)44-26)46-47(8,9)29(5,6)7)45-28(42-12-10-40-17(3)36)43-13-11-41-18(4)37/h15-16,19,21-22,26,28H,10-14H2,1-9H3,(H2,32,33,34,38,39)/t19-,21+,22?,26-/m1/s1. The summed E-state index contributed by atoms with van der Waals surface area (Å²) < 4.78 is 43.7. The third kappa shape index (κ3) is 10.5. The number of esters is 2. The number of H-pyrrole nitrogens is 1. The summed E-state index contributed by atoms with van der Waals surface area (Å²) in [6.07, 6.45) is -1.52. The van der Waals surface area contributed by atoms with Gasteiger partial charge in [-0.15, -0.1) is 0 Å². The molecule has 0 bridgehead atoms. The number of carbonyl (C=O) groups excluding carboxylic acids is 3. The summed E-state index contributed by atoms with van der Waals surface area (Å²) >= 11 is 2.22. The zero-order valence-electron chi connectivity index (χ0n) is 28.3. The van der Waals surface area contributed by atoms with Crippen molar-refractivity contribution >= 4 is 65.9 Å². The Balaban J connectivity index is 2.06. The van der Waals surface area contributed by atoms with Gasteiger partial charge in [-0.05, 0) is 18.1 Å². The molecule has 1 amide bonds. The number of imidazole rings is 1. The smallest absolute Gasteiger partial charge is 0.302 e. The number of hydrogen-bond donors (Lipinski definition) is 2. The van der Waals surface area contributed by atoms with E-state index in [1.807, 2.05) is 0 Å². The van der Waals surface area contributed by atoms with Crippen LogP contribution in [0.15, 0.2) is 11.1 Å². The Morgan fingerprint density at radius 1 is 1.06 bits per heavy atom. The monoisotopic (exact) mass is 795 g/mol. The van der Waals surface area contributed by atoms with Crippen LogP contribution >= 0.6 is 22.6 Å². The number of alkyl halides is 1. The molecule has 0 radical (unpaired) electrons. The predicted octanol–water partition coefficient (Wildman–Crippen LogP) is 3.27. The lowest BCUT2D eigenvalue weighted by molar-refractivity contribution is -0.320. The van der Waals surface area contributed by atoms with Crippen LogP contribution in [0.5, 0.6) is 0 Å². The van der Waals surface area contributed by atoms with E-state index in [1.165, 1.54) is 20.2 Å². The Morgan fingerprint density at radius 3 is 2.17 bits per heavy atom. The lowest BCUT2D eigenvalue weighted by atomic mass is 10.1. The molecule has 16 nitrogen and oxygen atoms in total. The van der Waals surface area contributed by atoms with E-state index in [4.69, 9.17) is 32.8 Å². The molecule has 3 rings (SSSR count). The highest BCUT2D eigenvalue weighted by Gasteiger charge is 2.52. The zero-order chi connectivity index (χ0) is 35.1. The van der Waals surface area contributed by atoms with Gasteiger partial charge in [0.2, 0.25) is 11.9 Å². The first-order chi connectivity index (χ1) is 21.9. The summed E-state index contributed by atoms with van der Waals surface area (Å²) in [6.45, 7) is 15.0. The topological polar surface area (TPSA) is 191 Å². The second kappa shape index (κ2) is 16.7. The number of anilines is 1. The van der Waals surface area contributed by atoms with Gasteiger partial charge in [-0.2, -0.15) is 4.98 Å². The molecule has 1 aliphatic rings. The van der Waals surface area contributed by atoms with Crippen molar-refractivity contribution in [1.82, 2.24) is 19.5 Å². The number of nitrogens with zero attached hydrogens (tertiary/aromatic N) is 3. The number of amides is 1. The highest BCUT2D eigenvalue weighted by atomic mass is 127. The van der Waals surface area contributed by atoms with Crippen molar-refractivity contribution in [3.05, 3.63) is 16.7 Å². The molecule has 0 spiro atoms. The number of fused-ring (bicyclic) bond motifs is 1. The van der Waals surface area contributed by atoms with E-state index in [0.29, 0.717) is 4.43 Å². The fraction of sp³-hybridized carbons (Fsp3) is 0.724. The summed E-state index contributed by atoms with van der Waals surface area (Å²) in [5.74, 6) is -1.68. The van der Waals surface area contributed by atoms with Gasteiger partial charge in [0.15, 0.2) is 25.7 Å². The van der Waals surface area contributed by atoms with Crippen LogP contribution in [0, 0.1) is 5.92 Å². The summed E-state index contributed by atoms with van der Waals surface area (Å²) in [4.78, 5) is 59.4. The molecule has 2 aromatic rings. The molecule has 0 aliphatic carbocycles. The molecule has 18 heteroatoms. The Hall–Kier alpha value is -2.49. The van der Waals surface area contributed by atoms with E-state index in [2.05, 4.69) is 76.7 Å². The van der Waals surface area contributed by atoms with E-state index >= 15 is 0 Å². The number of rotatable bonds is 16. The van der Waals surface area contributed by atoms with Crippen LogP contribution in [0.25, 0.3) is 11.2 Å². The Morgan fingerprint density at radius 2 is 1.66 bits per heavy atom. The molecule has 4 atom stereocenters. The maximum atomic E-state index is 13.0. The van der Waals surface area contributed by atoms with Crippen molar-refractivity contribution in [3.63, 3.8) is 0 Å². The van der Waals surface area contributed by atoms with Gasteiger partial charge < -0.3 is 32.8 Å². The maximum absolute atomic E-state index is 13.0. The minimum Gasteiger partial charge on any atom is -0.463 e. The van der Waals surface area contributed by atoms with E-state index in [1.54, 1.807) is 18.4 Å². The Bertz CT molecular complexity index is 1420. The quantitative estimate of drug-likeness (QED) is 0.0629. The summed E-state index contributed by atoms with van der Waals surface area (Å²) in [6, 6.07) is 0. The molecule has 1 aliphatic heterocycles. The maximum Gasteiger partial charge on any atom is 0.302 e. The highest BCUT2D eigenvalue weighted by Crippen LogP contribution is 2.43.